The van der Waals surface area contributed by atoms with Crippen molar-refractivity contribution >= 4 is 22.8 Å². The van der Waals surface area contributed by atoms with Crippen LogP contribution in [0, 0.1) is 0 Å². The van der Waals surface area contributed by atoms with Crippen LogP contribution in [0.15, 0.2) is 65.7 Å². The number of carbonyl (C=O) groups is 1. The van der Waals surface area contributed by atoms with E-state index in [1.165, 1.54) is 0 Å². The predicted molar refractivity (Wildman–Crippen MR) is 85.5 cm³/mol. The van der Waals surface area contributed by atoms with Gasteiger partial charge in [-0.3, -0.25) is 4.99 Å². The van der Waals surface area contributed by atoms with Crippen molar-refractivity contribution in [3.05, 3.63) is 71.8 Å². The van der Waals surface area contributed by atoms with Crippen molar-refractivity contribution in [3.63, 3.8) is 0 Å². The third-order valence-electron chi connectivity index (χ3n) is 3.17. The van der Waals surface area contributed by atoms with Crippen LogP contribution < -0.4 is 0 Å². The van der Waals surface area contributed by atoms with E-state index in [0.717, 1.165) is 16.2 Å². The Morgan fingerprint density at radius 2 is 1.76 bits per heavy atom. The topological polar surface area (TPSA) is 38.7 Å². The van der Waals surface area contributed by atoms with Gasteiger partial charge in [0.1, 0.15) is 6.61 Å². The maximum Gasteiger partial charge on any atom is 0.332 e. The summed E-state index contributed by atoms with van der Waals surface area (Å²) >= 11 is 1.60. The predicted octanol–water partition coefficient (Wildman–Crippen LogP) is 3.29. The average Bonchev–Trinajstić information content (AvgIpc) is 3.04. The molecule has 0 saturated carbocycles. The highest BCUT2D eigenvalue weighted by Crippen LogP contribution is 2.24. The van der Waals surface area contributed by atoms with Crippen LogP contribution in [0.25, 0.3) is 0 Å². The van der Waals surface area contributed by atoms with Crippen LogP contribution in [0.2, 0.25) is 0 Å². The summed E-state index contributed by atoms with van der Waals surface area (Å²) in [7, 11) is 0. The molecule has 3 rings (SSSR count). The summed E-state index contributed by atoms with van der Waals surface area (Å²) in [5.41, 5.74) is 2.05. The summed E-state index contributed by atoms with van der Waals surface area (Å²) in [4.78, 5) is 16.5. The second-order valence-electron chi connectivity index (χ2n) is 4.72. The van der Waals surface area contributed by atoms with Crippen molar-refractivity contribution in [1.82, 2.24) is 0 Å². The molecule has 0 fully saturated rings. The molecule has 106 valence electrons. The van der Waals surface area contributed by atoms with Crippen molar-refractivity contribution in [1.29, 1.82) is 0 Å². The molecule has 1 heterocycles. The van der Waals surface area contributed by atoms with Crippen LogP contribution >= 0.6 is 11.8 Å². The van der Waals surface area contributed by atoms with Crippen molar-refractivity contribution in [2.24, 2.45) is 4.99 Å². The average molecular weight is 297 g/mol. The Kier molecular flexibility index (Phi) is 4.36. The van der Waals surface area contributed by atoms with Crippen molar-refractivity contribution in [2.45, 2.75) is 12.6 Å². The Balaban J connectivity index is 1.60. The number of hydrogen-bond donors (Lipinski definition) is 0. The first-order valence-corrected chi connectivity index (χ1v) is 7.78. The molecule has 1 atom stereocenters. The molecule has 0 aromatic heterocycles. The summed E-state index contributed by atoms with van der Waals surface area (Å²) in [6.07, 6.45) is 0. The van der Waals surface area contributed by atoms with Gasteiger partial charge >= 0.3 is 5.97 Å². The lowest BCUT2D eigenvalue weighted by Gasteiger charge is -2.07. The zero-order valence-corrected chi connectivity index (χ0v) is 12.3. The Morgan fingerprint density at radius 1 is 1.10 bits per heavy atom. The monoisotopic (exact) mass is 297 g/mol. The van der Waals surface area contributed by atoms with Crippen LogP contribution in [0.1, 0.15) is 11.1 Å². The number of nitrogens with zero attached hydrogens (tertiary/aromatic N) is 1. The molecule has 0 amide bonds. The molecule has 4 heteroatoms. The third-order valence-corrected chi connectivity index (χ3v) is 4.26. The van der Waals surface area contributed by atoms with Gasteiger partial charge in [-0.05, 0) is 5.56 Å². The van der Waals surface area contributed by atoms with Gasteiger partial charge in [-0.2, -0.15) is 0 Å². The number of benzene rings is 2. The highest BCUT2D eigenvalue weighted by atomic mass is 32.2. The van der Waals surface area contributed by atoms with Crippen LogP contribution in [0.5, 0.6) is 0 Å². The van der Waals surface area contributed by atoms with Crippen LogP contribution in [0.4, 0.5) is 0 Å². The van der Waals surface area contributed by atoms with E-state index in [9.17, 15) is 4.79 Å². The molecule has 2 aromatic rings. The smallest absolute Gasteiger partial charge is 0.332 e. The van der Waals surface area contributed by atoms with Crippen molar-refractivity contribution in [2.75, 3.05) is 5.75 Å². The largest absolute Gasteiger partial charge is 0.459 e. The Hall–Kier alpha value is -2.07. The van der Waals surface area contributed by atoms with E-state index >= 15 is 0 Å². The second kappa shape index (κ2) is 6.59. The molecule has 0 spiro atoms. The maximum atomic E-state index is 12.1. The third kappa shape index (κ3) is 3.52. The lowest BCUT2D eigenvalue weighted by atomic mass is 10.2. The van der Waals surface area contributed by atoms with Gasteiger partial charge in [-0.25, -0.2) is 4.79 Å². The highest BCUT2D eigenvalue weighted by molar-refractivity contribution is 8.14. The molecule has 21 heavy (non-hydrogen) atoms. The summed E-state index contributed by atoms with van der Waals surface area (Å²) in [5.74, 6) is 0.398. The fourth-order valence-corrected chi connectivity index (χ4v) is 3.09. The van der Waals surface area contributed by atoms with Gasteiger partial charge in [0.25, 0.3) is 0 Å². The van der Waals surface area contributed by atoms with Crippen molar-refractivity contribution < 1.29 is 9.53 Å². The van der Waals surface area contributed by atoms with E-state index in [1.54, 1.807) is 11.8 Å². The minimum Gasteiger partial charge on any atom is -0.459 e. The van der Waals surface area contributed by atoms with Crippen molar-refractivity contribution in [3.8, 4) is 0 Å². The van der Waals surface area contributed by atoms with E-state index in [0.29, 0.717) is 12.4 Å². The molecule has 0 aliphatic carbocycles. The van der Waals surface area contributed by atoms with Gasteiger partial charge in [0, 0.05) is 11.3 Å². The lowest BCUT2D eigenvalue weighted by Crippen LogP contribution is -2.21. The van der Waals surface area contributed by atoms with Gasteiger partial charge in [-0.15, -0.1) is 11.8 Å². The Morgan fingerprint density at radius 3 is 2.48 bits per heavy atom. The number of aliphatic imine (C=N–C) groups is 1. The van der Waals surface area contributed by atoms with Gasteiger partial charge in [0.2, 0.25) is 0 Å². The minimum atomic E-state index is -0.395. The molecule has 0 N–H and O–H groups in total. The molecular weight excluding hydrogens is 282 g/mol. The van der Waals surface area contributed by atoms with Gasteiger partial charge in [0.05, 0.1) is 5.04 Å². The van der Waals surface area contributed by atoms with Gasteiger partial charge in [-0.1, -0.05) is 60.7 Å². The van der Waals surface area contributed by atoms with Gasteiger partial charge in [0.15, 0.2) is 6.04 Å². The normalized spacial score (nSPS) is 17.3. The number of hydrogen-bond acceptors (Lipinski definition) is 4. The molecule has 0 saturated heterocycles. The highest BCUT2D eigenvalue weighted by Gasteiger charge is 2.26. The minimum absolute atomic E-state index is 0.253. The quantitative estimate of drug-likeness (QED) is 0.813. The summed E-state index contributed by atoms with van der Waals surface area (Å²) in [5, 5.41) is 0.914. The Labute approximate surface area is 128 Å². The standard InChI is InChI=1S/C17H15NO2S/c19-17(20-11-13-7-3-1-4-8-13)15-12-21-16(18-15)14-9-5-2-6-10-14/h1-10,15H,11-12H2/t15-/m0/s1. The Bertz CT molecular complexity index is 640. The number of rotatable bonds is 4. The fourth-order valence-electron chi connectivity index (χ4n) is 2.06. The molecule has 2 aromatic carbocycles. The zero-order valence-electron chi connectivity index (χ0n) is 11.4. The lowest BCUT2D eigenvalue weighted by molar-refractivity contribution is -0.145. The summed E-state index contributed by atoms with van der Waals surface area (Å²) in [6, 6.07) is 19.2. The zero-order chi connectivity index (χ0) is 14.5. The molecule has 1 aliphatic rings. The first kappa shape index (κ1) is 13.9. The summed E-state index contributed by atoms with van der Waals surface area (Å²) in [6.45, 7) is 0.303. The second-order valence-corrected chi connectivity index (χ2v) is 5.73. The maximum absolute atomic E-state index is 12.1. The van der Waals surface area contributed by atoms with E-state index in [2.05, 4.69) is 4.99 Å². The van der Waals surface area contributed by atoms with Crippen LogP contribution in [-0.2, 0) is 16.1 Å². The van der Waals surface area contributed by atoms with E-state index in [-0.39, 0.29) is 5.97 Å². The molecule has 1 aliphatic heterocycles. The summed E-state index contributed by atoms with van der Waals surface area (Å²) < 4.78 is 5.34. The molecular formula is C17H15NO2S. The fraction of sp³-hybridized carbons (Fsp3) is 0.176. The first-order chi connectivity index (χ1) is 10.3. The number of carbonyl (C=O) groups excluding carboxylic acids is 1. The molecule has 3 nitrogen and oxygen atoms in total. The molecule has 0 radical (unpaired) electrons. The van der Waals surface area contributed by atoms with Crippen LogP contribution in [0.3, 0.4) is 0 Å². The number of ether oxygens (including phenoxy) is 1. The SMILES string of the molecule is O=C(OCc1ccccc1)[C@@H]1CSC(c2ccccc2)=N1. The van der Waals surface area contributed by atoms with E-state index in [4.69, 9.17) is 4.74 Å². The molecule has 0 bridgehead atoms. The first-order valence-electron chi connectivity index (χ1n) is 6.79. The van der Waals surface area contributed by atoms with Crippen LogP contribution in [-0.4, -0.2) is 22.8 Å². The van der Waals surface area contributed by atoms with E-state index in [1.807, 2.05) is 60.7 Å². The van der Waals surface area contributed by atoms with E-state index < -0.39 is 6.04 Å². The van der Waals surface area contributed by atoms with Gasteiger partial charge < -0.3 is 4.74 Å². The number of thioether (sulfide) groups is 1. The number of esters is 1. The molecule has 0 unspecified atom stereocenters.